The molecular formula is C82H52F4N6. The van der Waals surface area contributed by atoms with E-state index >= 15 is 0 Å². The van der Waals surface area contributed by atoms with E-state index in [0.29, 0.717) is 0 Å². The summed E-state index contributed by atoms with van der Waals surface area (Å²) in [6, 6.07) is 102. The normalized spacial score (nSPS) is 11.7. The zero-order valence-corrected chi connectivity index (χ0v) is 49.2. The minimum atomic E-state index is -0.336. The second kappa shape index (κ2) is 21.9. The van der Waals surface area contributed by atoms with Crippen LogP contribution < -0.4 is 9.80 Å². The maximum absolute atomic E-state index is 14.8. The molecule has 17 aromatic rings. The standard InChI is InChI=1S/C82H52F4N6/c83-57-23-19-53(20-24-57)79-47-55-50-82-56(49-81(55)91(79)67-39-35-65(36-40-67)87(63-31-27-59(85)28-32-63)69-43-45-77-73(51-69)71-15-7-9-17-75(71)89(77)61-11-3-1-4-12-61)48-80(54-21-25-58(84)26-22-54)92(82)68-41-37-66(38-42-68)88(64-33-29-60(86)30-34-64)70-44-46-78-74(52-70)72-16-8-10-18-76(72)90(78)62-13-5-2-6-14-62/h1-52H. The minimum absolute atomic E-state index is 0.328. The first kappa shape index (κ1) is 54.0. The largest absolute Gasteiger partial charge is 0.310 e. The fourth-order valence-electron chi connectivity index (χ4n) is 13.6. The molecule has 0 bridgehead atoms. The fraction of sp³-hybridized carbons (Fsp3) is 0. The highest BCUT2D eigenvalue weighted by molar-refractivity contribution is 6.12. The van der Waals surface area contributed by atoms with Crippen LogP contribution in [-0.2, 0) is 0 Å². The number of nitrogens with zero attached hydrogens (tertiary/aromatic N) is 6. The van der Waals surface area contributed by atoms with E-state index in [1.54, 1.807) is 48.5 Å². The molecule has 0 atom stereocenters. The molecule has 13 aromatic carbocycles. The molecule has 10 heteroatoms. The van der Waals surface area contributed by atoms with Gasteiger partial charge in [-0.25, -0.2) is 17.6 Å². The van der Waals surface area contributed by atoms with Crippen LogP contribution in [0.5, 0.6) is 0 Å². The third-order valence-electron chi connectivity index (χ3n) is 17.8. The maximum atomic E-state index is 14.8. The molecule has 0 aliphatic carbocycles. The number of benzene rings is 13. The first-order chi connectivity index (χ1) is 45.2. The van der Waals surface area contributed by atoms with Crippen LogP contribution >= 0.6 is 0 Å². The second-order valence-electron chi connectivity index (χ2n) is 23.1. The smallest absolute Gasteiger partial charge is 0.123 e. The Morgan fingerprint density at radius 1 is 0.207 bits per heavy atom. The van der Waals surface area contributed by atoms with Gasteiger partial charge in [-0.1, -0.05) is 72.8 Å². The van der Waals surface area contributed by atoms with E-state index in [2.05, 4.69) is 234 Å². The number of halogens is 4. The first-order valence-electron chi connectivity index (χ1n) is 30.5. The Labute approximate surface area is 526 Å². The molecule has 0 saturated heterocycles. The van der Waals surface area contributed by atoms with Crippen molar-refractivity contribution in [1.82, 2.24) is 18.3 Å². The summed E-state index contributed by atoms with van der Waals surface area (Å²) in [7, 11) is 0. The SMILES string of the molecule is Fc1ccc(-c2cc3cc4c(cc(-c5ccc(F)cc5)n4-c4ccc(N(c5ccc(F)cc5)c5ccc6c(c5)c5ccccc5n6-c5ccccc5)cc4)cc3n2-c2ccc(N(c3ccc(F)cc3)c3ccc4c(c3)c3ccccc3n4-c3ccccc3)cc2)cc1. The van der Waals surface area contributed by atoms with E-state index in [4.69, 9.17) is 0 Å². The molecule has 0 aliphatic rings. The molecule has 0 spiro atoms. The van der Waals surface area contributed by atoms with Crippen LogP contribution in [0.3, 0.4) is 0 Å². The van der Waals surface area contributed by atoms with Crippen LogP contribution in [0.15, 0.2) is 315 Å². The average Bonchev–Trinajstić information content (AvgIpc) is 1.68. The van der Waals surface area contributed by atoms with Crippen LogP contribution in [0.1, 0.15) is 0 Å². The van der Waals surface area contributed by atoms with Gasteiger partial charge in [0.2, 0.25) is 0 Å². The molecule has 4 heterocycles. The van der Waals surface area contributed by atoms with Crippen LogP contribution in [0.25, 0.3) is 111 Å². The Morgan fingerprint density at radius 3 is 0.870 bits per heavy atom. The van der Waals surface area contributed by atoms with Crippen LogP contribution in [0.4, 0.5) is 51.7 Å². The van der Waals surface area contributed by atoms with Gasteiger partial charge in [-0.2, -0.15) is 0 Å². The lowest BCUT2D eigenvalue weighted by Gasteiger charge is -2.26. The molecule has 4 aromatic heterocycles. The number of anilines is 6. The fourth-order valence-corrected chi connectivity index (χ4v) is 13.6. The van der Waals surface area contributed by atoms with Crippen molar-refractivity contribution in [3.8, 4) is 45.3 Å². The number of para-hydroxylation sites is 4. The number of aromatic nitrogens is 4. The van der Waals surface area contributed by atoms with Gasteiger partial charge in [0.05, 0.1) is 44.5 Å². The number of fused-ring (bicyclic) bond motifs is 8. The third kappa shape index (κ3) is 9.18. The van der Waals surface area contributed by atoms with Crippen molar-refractivity contribution in [1.29, 1.82) is 0 Å². The quantitative estimate of drug-likeness (QED) is 0.114. The first-order valence-corrected chi connectivity index (χ1v) is 30.5. The average molecular weight is 1200 g/mol. The Morgan fingerprint density at radius 2 is 0.500 bits per heavy atom. The molecule has 0 fully saturated rings. The molecule has 0 N–H and O–H groups in total. The molecule has 438 valence electrons. The molecule has 0 aliphatic heterocycles. The Kier molecular flexibility index (Phi) is 12.8. The predicted octanol–water partition coefficient (Wildman–Crippen LogP) is 22.6. The summed E-state index contributed by atoms with van der Waals surface area (Å²) < 4.78 is 68.1. The summed E-state index contributed by atoms with van der Waals surface area (Å²) in [5, 5.41) is 6.26. The third-order valence-corrected chi connectivity index (χ3v) is 17.8. The van der Waals surface area contributed by atoms with Crippen LogP contribution in [0.2, 0.25) is 0 Å². The van der Waals surface area contributed by atoms with Crippen molar-refractivity contribution >= 4 is 99.5 Å². The highest BCUT2D eigenvalue weighted by atomic mass is 19.1. The molecule has 0 radical (unpaired) electrons. The van der Waals surface area contributed by atoms with Gasteiger partial charge >= 0.3 is 0 Å². The summed E-state index contributed by atoms with van der Waals surface area (Å²) in [5.41, 5.74) is 18.4. The van der Waals surface area contributed by atoms with Crippen LogP contribution in [0, 0.1) is 23.3 Å². The zero-order valence-electron chi connectivity index (χ0n) is 49.2. The summed E-state index contributed by atoms with van der Waals surface area (Å²) >= 11 is 0. The van der Waals surface area contributed by atoms with E-state index < -0.39 is 0 Å². The van der Waals surface area contributed by atoms with Crippen molar-refractivity contribution < 1.29 is 17.6 Å². The highest BCUT2D eigenvalue weighted by Crippen LogP contribution is 2.45. The highest BCUT2D eigenvalue weighted by Gasteiger charge is 2.24. The second-order valence-corrected chi connectivity index (χ2v) is 23.1. The lowest BCUT2D eigenvalue weighted by atomic mass is 10.1. The summed E-state index contributed by atoms with van der Waals surface area (Å²) in [6.45, 7) is 0. The predicted molar refractivity (Wildman–Crippen MR) is 369 cm³/mol. The van der Waals surface area contributed by atoms with Crippen LogP contribution in [-0.4, -0.2) is 18.3 Å². The van der Waals surface area contributed by atoms with Crippen molar-refractivity contribution in [3.05, 3.63) is 339 Å². The van der Waals surface area contributed by atoms with Gasteiger partial charge in [-0.3, -0.25) is 0 Å². The molecule has 0 amide bonds. The number of rotatable bonds is 12. The van der Waals surface area contributed by atoms with Gasteiger partial charge in [0, 0.05) is 89.2 Å². The van der Waals surface area contributed by atoms with Gasteiger partial charge in [0.1, 0.15) is 23.3 Å². The molecule has 17 rings (SSSR count). The topological polar surface area (TPSA) is 26.2 Å². The Balaban J connectivity index is 0.795. The molecular weight excluding hydrogens is 1140 g/mol. The van der Waals surface area contributed by atoms with Gasteiger partial charge in [0.15, 0.2) is 0 Å². The molecule has 0 unspecified atom stereocenters. The maximum Gasteiger partial charge on any atom is 0.123 e. The van der Waals surface area contributed by atoms with E-state index in [1.807, 2.05) is 12.1 Å². The molecule has 92 heavy (non-hydrogen) atoms. The van der Waals surface area contributed by atoms with Gasteiger partial charge in [-0.05, 0) is 254 Å². The van der Waals surface area contributed by atoms with E-state index in [-0.39, 0.29) is 23.3 Å². The number of hydrogen-bond acceptors (Lipinski definition) is 2. The zero-order chi connectivity index (χ0) is 61.6. The van der Waals surface area contributed by atoms with Crippen molar-refractivity contribution in [2.24, 2.45) is 0 Å². The van der Waals surface area contributed by atoms with E-state index in [0.717, 1.165) is 145 Å². The van der Waals surface area contributed by atoms with Crippen molar-refractivity contribution in [2.75, 3.05) is 9.80 Å². The molecule has 0 saturated carbocycles. The summed E-state index contributed by atoms with van der Waals surface area (Å²) in [6.07, 6.45) is 0. The summed E-state index contributed by atoms with van der Waals surface area (Å²) in [5.74, 6) is -1.33. The number of hydrogen-bond donors (Lipinski definition) is 0. The monoisotopic (exact) mass is 1200 g/mol. The van der Waals surface area contributed by atoms with E-state index in [1.165, 1.54) is 48.5 Å². The van der Waals surface area contributed by atoms with E-state index in [9.17, 15) is 17.6 Å². The van der Waals surface area contributed by atoms with Gasteiger partial charge in [-0.15, -0.1) is 0 Å². The Bertz CT molecular complexity index is 5290. The summed E-state index contributed by atoms with van der Waals surface area (Å²) in [4.78, 5) is 4.29. The minimum Gasteiger partial charge on any atom is -0.310 e. The van der Waals surface area contributed by atoms with Crippen molar-refractivity contribution in [3.63, 3.8) is 0 Å². The lowest BCUT2D eigenvalue weighted by molar-refractivity contribution is 0.627. The van der Waals surface area contributed by atoms with Gasteiger partial charge < -0.3 is 28.1 Å². The van der Waals surface area contributed by atoms with Crippen molar-refractivity contribution in [2.45, 2.75) is 0 Å². The Hall–Kier alpha value is -12.1. The lowest BCUT2D eigenvalue weighted by Crippen LogP contribution is -2.10. The molecule has 6 nitrogen and oxygen atoms in total. The van der Waals surface area contributed by atoms with Gasteiger partial charge in [0.25, 0.3) is 0 Å².